The number of rotatable bonds is 2. The molecule has 0 unspecified atom stereocenters. The third-order valence-electron chi connectivity index (χ3n) is 2.72. The normalized spacial score (nSPS) is 23.3. The van der Waals surface area contributed by atoms with E-state index in [1.165, 1.54) is 25.0 Å². The Morgan fingerprint density at radius 3 is 3.23 bits per heavy atom. The van der Waals surface area contributed by atoms with Crippen LogP contribution in [0.3, 0.4) is 0 Å². The zero-order valence-corrected chi connectivity index (χ0v) is 8.16. The van der Waals surface area contributed by atoms with Crippen LogP contribution in [0.25, 0.3) is 0 Å². The Hall–Kier alpha value is -0.830. The standard InChI is InChI=1S/C10H17N3/c1-2-13-10(6-8-12-13)9-5-3-4-7-11-9/h6,8-9,11H,2-5,7H2,1H3/t9-/m0/s1. The van der Waals surface area contributed by atoms with Crippen LogP contribution in [0.4, 0.5) is 0 Å². The fourth-order valence-corrected chi connectivity index (χ4v) is 2.01. The maximum absolute atomic E-state index is 4.29. The number of nitrogens with zero attached hydrogens (tertiary/aromatic N) is 2. The first-order valence-electron chi connectivity index (χ1n) is 5.17. The zero-order chi connectivity index (χ0) is 9.10. The van der Waals surface area contributed by atoms with E-state index in [1.807, 2.05) is 6.20 Å². The lowest BCUT2D eigenvalue weighted by molar-refractivity contribution is 0.388. The molecule has 0 bridgehead atoms. The Bertz CT molecular complexity index is 261. The first kappa shape index (κ1) is 8.75. The van der Waals surface area contributed by atoms with Gasteiger partial charge in [0.05, 0.1) is 5.69 Å². The number of nitrogens with one attached hydrogen (secondary N) is 1. The molecule has 0 aromatic carbocycles. The van der Waals surface area contributed by atoms with E-state index < -0.39 is 0 Å². The predicted molar refractivity (Wildman–Crippen MR) is 52.5 cm³/mol. The molecule has 2 heterocycles. The van der Waals surface area contributed by atoms with Crippen LogP contribution in [0.5, 0.6) is 0 Å². The van der Waals surface area contributed by atoms with Crippen molar-refractivity contribution in [3.63, 3.8) is 0 Å². The van der Waals surface area contributed by atoms with E-state index in [0.29, 0.717) is 6.04 Å². The van der Waals surface area contributed by atoms with E-state index in [4.69, 9.17) is 0 Å². The van der Waals surface area contributed by atoms with Crippen LogP contribution in [0.15, 0.2) is 12.3 Å². The predicted octanol–water partition coefficient (Wildman–Crippen LogP) is 1.72. The topological polar surface area (TPSA) is 29.9 Å². The van der Waals surface area contributed by atoms with Gasteiger partial charge >= 0.3 is 0 Å². The van der Waals surface area contributed by atoms with Crippen molar-refractivity contribution < 1.29 is 0 Å². The molecule has 1 aliphatic rings. The average molecular weight is 179 g/mol. The molecule has 1 aliphatic heterocycles. The minimum atomic E-state index is 0.538. The summed E-state index contributed by atoms with van der Waals surface area (Å²) in [5.41, 5.74) is 1.35. The van der Waals surface area contributed by atoms with Gasteiger partial charge in [-0.1, -0.05) is 6.42 Å². The molecule has 13 heavy (non-hydrogen) atoms. The second-order valence-electron chi connectivity index (χ2n) is 3.57. The van der Waals surface area contributed by atoms with Gasteiger partial charge in [-0.25, -0.2) is 0 Å². The molecular formula is C10H17N3. The second kappa shape index (κ2) is 3.92. The molecule has 72 valence electrons. The molecule has 1 saturated heterocycles. The van der Waals surface area contributed by atoms with Crippen LogP contribution in [-0.4, -0.2) is 16.3 Å². The van der Waals surface area contributed by atoms with Crippen LogP contribution >= 0.6 is 0 Å². The fraction of sp³-hybridized carbons (Fsp3) is 0.700. The van der Waals surface area contributed by atoms with Crippen molar-refractivity contribution in [2.75, 3.05) is 6.54 Å². The molecule has 1 aromatic rings. The van der Waals surface area contributed by atoms with E-state index in [0.717, 1.165) is 13.1 Å². The quantitative estimate of drug-likeness (QED) is 0.749. The lowest BCUT2D eigenvalue weighted by atomic mass is 10.0. The van der Waals surface area contributed by atoms with Crippen molar-refractivity contribution in [2.45, 2.75) is 38.8 Å². The van der Waals surface area contributed by atoms with E-state index in [9.17, 15) is 0 Å². The Morgan fingerprint density at radius 1 is 1.62 bits per heavy atom. The Morgan fingerprint density at radius 2 is 2.54 bits per heavy atom. The molecule has 0 amide bonds. The first-order chi connectivity index (χ1) is 6.42. The highest BCUT2D eigenvalue weighted by Crippen LogP contribution is 2.22. The number of aryl methyl sites for hydroxylation is 1. The highest BCUT2D eigenvalue weighted by Gasteiger charge is 2.17. The largest absolute Gasteiger partial charge is 0.309 e. The van der Waals surface area contributed by atoms with Crippen molar-refractivity contribution in [3.8, 4) is 0 Å². The molecule has 1 N–H and O–H groups in total. The van der Waals surface area contributed by atoms with Crippen molar-refractivity contribution in [1.82, 2.24) is 15.1 Å². The SMILES string of the molecule is CCn1nccc1[C@@H]1CCCCN1. The van der Waals surface area contributed by atoms with Gasteiger partial charge in [0.2, 0.25) is 0 Å². The van der Waals surface area contributed by atoms with Gasteiger partial charge in [0.15, 0.2) is 0 Å². The van der Waals surface area contributed by atoms with Crippen molar-refractivity contribution in [2.24, 2.45) is 0 Å². The van der Waals surface area contributed by atoms with Crippen LogP contribution in [-0.2, 0) is 6.54 Å². The first-order valence-corrected chi connectivity index (χ1v) is 5.17. The van der Waals surface area contributed by atoms with Gasteiger partial charge in [0, 0.05) is 18.8 Å². The third-order valence-corrected chi connectivity index (χ3v) is 2.72. The second-order valence-corrected chi connectivity index (χ2v) is 3.57. The Kier molecular flexibility index (Phi) is 2.64. The summed E-state index contributed by atoms with van der Waals surface area (Å²) in [5.74, 6) is 0. The van der Waals surface area contributed by atoms with E-state index >= 15 is 0 Å². The lowest BCUT2D eigenvalue weighted by Crippen LogP contribution is -2.28. The summed E-state index contributed by atoms with van der Waals surface area (Å²) in [7, 11) is 0. The van der Waals surface area contributed by atoms with Gasteiger partial charge in [-0.2, -0.15) is 5.10 Å². The van der Waals surface area contributed by atoms with Gasteiger partial charge in [-0.3, -0.25) is 4.68 Å². The summed E-state index contributed by atoms with van der Waals surface area (Å²) in [6, 6.07) is 2.67. The smallest absolute Gasteiger partial charge is 0.0553 e. The molecule has 0 saturated carbocycles. The molecule has 1 fully saturated rings. The fourth-order valence-electron chi connectivity index (χ4n) is 2.01. The van der Waals surface area contributed by atoms with Crippen LogP contribution in [0, 0.1) is 0 Å². The van der Waals surface area contributed by atoms with Crippen molar-refractivity contribution >= 4 is 0 Å². The lowest BCUT2D eigenvalue weighted by Gasteiger charge is -2.23. The minimum absolute atomic E-state index is 0.538. The Balaban J connectivity index is 2.13. The molecule has 0 spiro atoms. The van der Waals surface area contributed by atoms with Gasteiger partial charge < -0.3 is 5.32 Å². The molecule has 3 nitrogen and oxygen atoms in total. The summed E-state index contributed by atoms with van der Waals surface area (Å²) in [6.45, 7) is 4.26. The molecule has 0 radical (unpaired) electrons. The van der Waals surface area contributed by atoms with Gasteiger partial charge in [0.25, 0.3) is 0 Å². The van der Waals surface area contributed by atoms with E-state index in [2.05, 4.69) is 28.1 Å². The number of piperidine rings is 1. The van der Waals surface area contributed by atoms with Crippen LogP contribution < -0.4 is 5.32 Å². The summed E-state index contributed by atoms with van der Waals surface area (Å²) < 4.78 is 2.09. The van der Waals surface area contributed by atoms with Crippen LogP contribution in [0.1, 0.15) is 37.9 Å². The summed E-state index contributed by atoms with van der Waals surface area (Å²) in [6.07, 6.45) is 5.81. The summed E-state index contributed by atoms with van der Waals surface area (Å²) in [5, 5.41) is 7.82. The third kappa shape index (κ3) is 1.75. The molecule has 1 aromatic heterocycles. The molecule has 2 rings (SSSR count). The molecule has 0 aliphatic carbocycles. The van der Waals surface area contributed by atoms with Gasteiger partial charge in [0.1, 0.15) is 0 Å². The summed E-state index contributed by atoms with van der Waals surface area (Å²) >= 11 is 0. The van der Waals surface area contributed by atoms with Crippen molar-refractivity contribution in [1.29, 1.82) is 0 Å². The van der Waals surface area contributed by atoms with Crippen molar-refractivity contribution in [3.05, 3.63) is 18.0 Å². The average Bonchev–Trinajstić information content (AvgIpc) is 2.67. The number of aromatic nitrogens is 2. The highest BCUT2D eigenvalue weighted by molar-refractivity contribution is 5.07. The van der Waals surface area contributed by atoms with E-state index in [-0.39, 0.29) is 0 Å². The number of hydrogen-bond acceptors (Lipinski definition) is 2. The monoisotopic (exact) mass is 179 g/mol. The molecule has 1 atom stereocenters. The molecular weight excluding hydrogens is 162 g/mol. The minimum Gasteiger partial charge on any atom is -0.309 e. The summed E-state index contributed by atoms with van der Waals surface area (Å²) in [4.78, 5) is 0. The number of hydrogen-bond donors (Lipinski definition) is 1. The van der Waals surface area contributed by atoms with E-state index in [1.54, 1.807) is 0 Å². The van der Waals surface area contributed by atoms with Gasteiger partial charge in [-0.05, 0) is 32.4 Å². The maximum atomic E-state index is 4.29. The zero-order valence-electron chi connectivity index (χ0n) is 8.16. The van der Waals surface area contributed by atoms with Gasteiger partial charge in [-0.15, -0.1) is 0 Å². The molecule has 3 heteroatoms. The van der Waals surface area contributed by atoms with Crippen LogP contribution in [0.2, 0.25) is 0 Å². The highest BCUT2D eigenvalue weighted by atomic mass is 15.3. The Labute approximate surface area is 79.1 Å². The maximum Gasteiger partial charge on any atom is 0.0553 e.